The van der Waals surface area contributed by atoms with Gasteiger partial charge in [0.15, 0.2) is 0 Å². The van der Waals surface area contributed by atoms with Gasteiger partial charge in [-0.2, -0.15) is 4.99 Å². The molecule has 0 radical (unpaired) electrons. The van der Waals surface area contributed by atoms with E-state index in [1.54, 1.807) is 0 Å². The first-order chi connectivity index (χ1) is 11.0. The number of rotatable bonds is 6. The number of nitrogens with zero attached hydrogens (tertiary/aromatic N) is 1. The quantitative estimate of drug-likeness (QED) is 0.618. The summed E-state index contributed by atoms with van der Waals surface area (Å²) in [7, 11) is 0. The van der Waals surface area contributed by atoms with E-state index in [1.807, 2.05) is 30.3 Å². The van der Waals surface area contributed by atoms with Gasteiger partial charge in [0.1, 0.15) is 12.4 Å². The minimum Gasteiger partial charge on any atom is -0.481 e. The monoisotopic (exact) mass is 318 g/mol. The number of aliphatic imine (C=N–C) groups is 1. The average Bonchev–Trinajstić information content (AvgIpc) is 2.49. The summed E-state index contributed by atoms with van der Waals surface area (Å²) < 4.78 is 5.01. The molecular weight excluding hydrogens is 300 g/mol. The average molecular weight is 318 g/mol. The lowest BCUT2D eigenvalue weighted by molar-refractivity contribution is -0.136. The largest absolute Gasteiger partial charge is 0.481 e. The van der Waals surface area contributed by atoms with Crippen LogP contribution in [0.4, 0.5) is 4.79 Å². The van der Waals surface area contributed by atoms with Crippen LogP contribution in [0.3, 0.4) is 0 Å². The third-order valence-corrected chi connectivity index (χ3v) is 2.52. The second kappa shape index (κ2) is 9.88. The molecular formula is C16H18N2O5. The zero-order chi connectivity index (χ0) is 17.1. The van der Waals surface area contributed by atoms with Gasteiger partial charge in [-0.1, -0.05) is 36.4 Å². The van der Waals surface area contributed by atoms with Gasteiger partial charge in [-0.3, -0.25) is 14.9 Å². The second-order valence-electron chi connectivity index (χ2n) is 4.54. The van der Waals surface area contributed by atoms with E-state index in [1.165, 1.54) is 19.1 Å². The first-order valence-corrected chi connectivity index (χ1v) is 6.92. The Morgan fingerprint density at radius 3 is 2.57 bits per heavy atom. The van der Waals surface area contributed by atoms with Crippen molar-refractivity contribution in [1.29, 1.82) is 0 Å². The summed E-state index contributed by atoms with van der Waals surface area (Å²) in [6.45, 7) is 1.32. The Hall–Kier alpha value is -2.96. The number of carboxylic acid groups (broad SMARTS) is 1. The van der Waals surface area contributed by atoms with Crippen molar-refractivity contribution in [3.63, 3.8) is 0 Å². The van der Waals surface area contributed by atoms with E-state index in [2.05, 4.69) is 10.3 Å². The fraction of sp³-hybridized carbons (Fsp3) is 0.250. The molecule has 1 rings (SSSR count). The maximum absolute atomic E-state index is 11.7. The van der Waals surface area contributed by atoms with Crippen LogP contribution in [0.2, 0.25) is 0 Å². The molecule has 0 unspecified atom stereocenters. The Balaban J connectivity index is 2.54. The lowest BCUT2D eigenvalue weighted by atomic mass is 10.2. The number of hydrogen-bond donors (Lipinski definition) is 2. The number of carbonyl (C=O) groups is 3. The van der Waals surface area contributed by atoms with Crippen LogP contribution < -0.4 is 5.32 Å². The number of carboxylic acids is 1. The van der Waals surface area contributed by atoms with Gasteiger partial charge >= 0.3 is 12.1 Å². The van der Waals surface area contributed by atoms with Gasteiger partial charge in [-0.25, -0.2) is 4.79 Å². The molecule has 1 aromatic rings. The van der Waals surface area contributed by atoms with E-state index in [9.17, 15) is 14.4 Å². The Bertz CT molecular complexity index is 608. The first kappa shape index (κ1) is 18.1. The van der Waals surface area contributed by atoms with Crippen molar-refractivity contribution in [2.45, 2.75) is 26.4 Å². The van der Waals surface area contributed by atoms with Crippen LogP contribution in [0.25, 0.3) is 0 Å². The molecule has 2 N–H and O–H groups in total. The van der Waals surface area contributed by atoms with E-state index in [0.717, 1.165) is 5.56 Å². The number of aliphatic carboxylic acids is 1. The zero-order valence-corrected chi connectivity index (χ0v) is 12.7. The summed E-state index contributed by atoms with van der Waals surface area (Å²) >= 11 is 0. The molecule has 122 valence electrons. The number of carbonyl (C=O) groups excluding carboxylic acids is 2. The van der Waals surface area contributed by atoms with E-state index in [0.29, 0.717) is 0 Å². The van der Waals surface area contributed by atoms with Crippen molar-refractivity contribution in [1.82, 2.24) is 5.32 Å². The van der Waals surface area contributed by atoms with Gasteiger partial charge in [0.25, 0.3) is 0 Å². The van der Waals surface area contributed by atoms with Crippen LogP contribution in [0, 0.1) is 0 Å². The van der Waals surface area contributed by atoms with Gasteiger partial charge in [0.05, 0.1) is 0 Å². The molecule has 23 heavy (non-hydrogen) atoms. The molecule has 0 fully saturated rings. The minimum absolute atomic E-state index is 0.000880. The van der Waals surface area contributed by atoms with Crippen LogP contribution >= 0.6 is 0 Å². The van der Waals surface area contributed by atoms with Crippen molar-refractivity contribution >= 4 is 23.8 Å². The van der Waals surface area contributed by atoms with Crippen molar-refractivity contribution < 1.29 is 24.2 Å². The smallest absolute Gasteiger partial charge is 0.413 e. The number of allylic oxidation sites excluding steroid dienone is 1. The molecule has 0 atom stereocenters. The molecule has 1 aromatic carbocycles. The summed E-state index contributed by atoms with van der Waals surface area (Å²) in [5.74, 6) is -1.43. The highest BCUT2D eigenvalue weighted by Crippen LogP contribution is 2.00. The number of benzene rings is 1. The fourth-order valence-electron chi connectivity index (χ4n) is 1.54. The summed E-state index contributed by atoms with van der Waals surface area (Å²) in [4.78, 5) is 36.8. The van der Waals surface area contributed by atoms with Gasteiger partial charge < -0.3 is 9.84 Å². The first-order valence-electron chi connectivity index (χ1n) is 6.92. The molecule has 0 aliphatic rings. The number of hydrogen-bond acceptors (Lipinski definition) is 4. The highest BCUT2D eigenvalue weighted by molar-refractivity contribution is 6.06. The molecule has 0 saturated carbocycles. The van der Waals surface area contributed by atoms with Crippen LogP contribution in [-0.2, 0) is 20.9 Å². The highest BCUT2D eigenvalue weighted by Gasteiger charge is 2.06. The Labute approximate surface area is 133 Å². The van der Waals surface area contributed by atoms with Crippen LogP contribution in [0.5, 0.6) is 0 Å². The van der Waals surface area contributed by atoms with Gasteiger partial charge in [-0.05, 0) is 18.1 Å². The van der Waals surface area contributed by atoms with E-state index in [-0.39, 0.29) is 25.3 Å². The second-order valence-corrected chi connectivity index (χ2v) is 4.54. The maximum atomic E-state index is 11.7. The summed E-state index contributed by atoms with van der Waals surface area (Å²) in [6.07, 6.45) is 2.33. The van der Waals surface area contributed by atoms with E-state index >= 15 is 0 Å². The Morgan fingerprint density at radius 2 is 1.96 bits per heavy atom. The Kier molecular flexibility index (Phi) is 7.77. The predicted octanol–water partition coefficient (Wildman–Crippen LogP) is 2.28. The molecule has 0 aliphatic carbocycles. The molecule has 0 saturated heterocycles. The highest BCUT2D eigenvalue weighted by atomic mass is 16.5. The van der Waals surface area contributed by atoms with Gasteiger partial charge in [0.2, 0.25) is 5.91 Å². The molecule has 7 nitrogen and oxygen atoms in total. The van der Waals surface area contributed by atoms with Crippen molar-refractivity contribution in [3.05, 3.63) is 48.0 Å². The molecule has 0 spiro atoms. The van der Waals surface area contributed by atoms with Gasteiger partial charge in [-0.15, -0.1) is 0 Å². The molecule has 0 heterocycles. The standard InChI is InChI=1S/C16H18N2O5/c1-12(19)17-14(9-5-6-10-15(20)21)18-16(22)23-11-13-7-3-2-4-8-13/h2-5,7-9H,6,10-11H2,1H3,(H,20,21)(H,17,18,19,22)/b9-5-. The molecule has 0 bridgehead atoms. The number of amidine groups is 1. The van der Waals surface area contributed by atoms with Crippen LogP contribution in [0.1, 0.15) is 25.3 Å². The van der Waals surface area contributed by atoms with Crippen LogP contribution in [-0.4, -0.2) is 28.9 Å². The summed E-state index contributed by atoms with van der Waals surface area (Å²) in [5.41, 5.74) is 0.824. The van der Waals surface area contributed by atoms with Crippen molar-refractivity contribution in [2.75, 3.05) is 0 Å². The summed E-state index contributed by atoms with van der Waals surface area (Å²) in [6, 6.07) is 9.12. The third-order valence-electron chi connectivity index (χ3n) is 2.52. The maximum Gasteiger partial charge on any atom is 0.413 e. The molecule has 7 heteroatoms. The van der Waals surface area contributed by atoms with E-state index in [4.69, 9.17) is 9.84 Å². The van der Waals surface area contributed by atoms with Gasteiger partial charge in [0, 0.05) is 13.3 Å². The zero-order valence-electron chi connectivity index (χ0n) is 12.7. The lowest BCUT2D eigenvalue weighted by Crippen LogP contribution is -2.30. The number of ether oxygens (including phenoxy) is 1. The summed E-state index contributed by atoms with van der Waals surface area (Å²) in [5, 5.41) is 10.9. The van der Waals surface area contributed by atoms with E-state index < -0.39 is 18.0 Å². The third kappa shape index (κ3) is 8.82. The lowest BCUT2D eigenvalue weighted by Gasteiger charge is -2.06. The van der Waals surface area contributed by atoms with Crippen molar-refractivity contribution in [2.24, 2.45) is 4.99 Å². The number of alkyl carbamates (subject to hydrolysis) is 1. The Morgan fingerprint density at radius 1 is 1.26 bits per heavy atom. The predicted molar refractivity (Wildman–Crippen MR) is 83.9 cm³/mol. The fourth-order valence-corrected chi connectivity index (χ4v) is 1.54. The number of amides is 2. The molecule has 0 aliphatic heterocycles. The molecule has 2 amide bonds. The molecule has 0 aromatic heterocycles. The SMILES string of the molecule is CC(=O)/N=C(\C=C/CCC(=O)O)NC(=O)OCc1ccccc1. The van der Waals surface area contributed by atoms with Crippen molar-refractivity contribution in [3.8, 4) is 0 Å². The normalized spacial score (nSPS) is 11.3. The topological polar surface area (TPSA) is 105 Å². The minimum atomic E-state index is -0.935. The van der Waals surface area contributed by atoms with Crippen LogP contribution in [0.15, 0.2) is 47.5 Å². The number of nitrogens with one attached hydrogen (secondary N) is 1.